The van der Waals surface area contributed by atoms with Gasteiger partial charge >= 0.3 is 22.4 Å². The molecule has 0 aromatic rings. The van der Waals surface area contributed by atoms with Crippen molar-refractivity contribution in [1.82, 2.24) is 0 Å². The maximum absolute atomic E-state index is 8.33. The smallest absolute Gasteiger partial charge is 0.652 e. The van der Waals surface area contributed by atoms with Crippen LogP contribution in [0.4, 0.5) is 4.79 Å². The van der Waals surface area contributed by atoms with E-state index in [1.54, 1.807) is 0 Å². The molecule has 0 aromatic heterocycles. The van der Waals surface area contributed by atoms with E-state index in [2.05, 4.69) is 0 Å². The third kappa shape index (κ3) is 154000. The molecular formula is CNbO3. The van der Waals surface area contributed by atoms with Crippen molar-refractivity contribution in [2.45, 2.75) is 0 Å². The minimum absolute atomic E-state index is 0. The summed E-state index contributed by atoms with van der Waals surface area (Å²) in [5.41, 5.74) is 0. The van der Waals surface area contributed by atoms with Crippen LogP contribution in [-0.4, -0.2) is 6.16 Å². The zero-order valence-electron chi connectivity index (χ0n) is 2.17. The Kier molecular flexibility index (Phi) is 7.13. The average molecular weight is 153 g/mol. The van der Waals surface area contributed by atoms with Crippen molar-refractivity contribution < 1.29 is 37.4 Å². The summed E-state index contributed by atoms with van der Waals surface area (Å²) >= 11 is 0. The number of hydrogen-bond donors (Lipinski definition) is 0. The molecule has 0 amide bonds. The number of carbonyl (C=O) groups is 1. The van der Waals surface area contributed by atoms with Crippen LogP contribution in [0.25, 0.3) is 0 Å². The summed E-state index contributed by atoms with van der Waals surface area (Å²) in [6.07, 6.45) is -2.33. The van der Waals surface area contributed by atoms with Gasteiger partial charge in [0.2, 0.25) is 0 Å². The molecule has 0 unspecified atom stereocenters. The zero-order valence-corrected chi connectivity index (χ0v) is 4.37. The topological polar surface area (TPSA) is 63.2 Å². The van der Waals surface area contributed by atoms with Crippen LogP contribution >= 0.6 is 0 Å². The first kappa shape index (κ1) is 8.89. The minimum Gasteiger partial charge on any atom is -0.652 e. The predicted molar refractivity (Wildman–Crippen MR) is 5.40 cm³/mol. The van der Waals surface area contributed by atoms with Crippen molar-refractivity contribution in [1.29, 1.82) is 0 Å². The van der Waals surface area contributed by atoms with E-state index in [1.807, 2.05) is 0 Å². The molecule has 0 atom stereocenters. The summed E-state index contributed by atoms with van der Waals surface area (Å²) in [5, 5.41) is 16.7. The molecule has 0 aliphatic rings. The van der Waals surface area contributed by atoms with Crippen LogP contribution in [0.5, 0.6) is 0 Å². The van der Waals surface area contributed by atoms with Crippen molar-refractivity contribution in [3.05, 3.63) is 0 Å². The van der Waals surface area contributed by atoms with Crippen molar-refractivity contribution in [2.24, 2.45) is 0 Å². The first-order valence-electron chi connectivity index (χ1n) is 0.612. The van der Waals surface area contributed by atoms with Crippen LogP contribution in [0.3, 0.4) is 0 Å². The number of carboxylic acid groups (broad SMARTS) is 2. The van der Waals surface area contributed by atoms with Gasteiger partial charge in [0.25, 0.3) is 0 Å². The van der Waals surface area contributed by atoms with E-state index in [0.29, 0.717) is 0 Å². The number of rotatable bonds is 0. The van der Waals surface area contributed by atoms with E-state index >= 15 is 0 Å². The van der Waals surface area contributed by atoms with Gasteiger partial charge in [-0.25, -0.2) is 0 Å². The largest absolute Gasteiger partial charge is 2.00 e. The fourth-order valence-electron chi connectivity index (χ4n) is 0. The molecule has 0 bridgehead atoms. The van der Waals surface area contributed by atoms with E-state index in [1.165, 1.54) is 0 Å². The quantitative estimate of drug-likeness (QED) is 0.363. The molecule has 0 aliphatic carbocycles. The molecule has 0 heterocycles. The molecule has 0 N–H and O–H groups in total. The fraction of sp³-hybridized carbons (Fsp3) is 0. The Labute approximate surface area is 44.1 Å². The Morgan fingerprint density at radius 2 is 1.40 bits per heavy atom. The van der Waals surface area contributed by atoms with Crippen molar-refractivity contribution in [3.63, 3.8) is 0 Å². The van der Waals surface area contributed by atoms with Gasteiger partial charge in [-0.15, -0.1) is 0 Å². The Bertz CT molecular complexity index is 29.9. The molecule has 0 aromatic carbocycles. The van der Waals surface area contributed by atoms with Crippen LogP contribution in [-0.2, 0) is 22.4 Å². The van der Waals surface area contributed by atoms with Crippen molar-refractivity contribution in [3.8, 4) is 0 Å². The fourth-order valence-corrected chi connectivity index (χ4v) is 0. The van der Waals surface area contributed by atoms with Crippen LogP contribution in [0, 0.1) is 0 Å². The van der Waals surface area contributed by atoms with Crippen LogP contribution < -0.4 is 10.2 Å². The Morgan fingerprint density at radius 3 is 1.40 bits per heavy atom. The summed E-state index contributed by atoms with van der Waals surface area (Å²) in [5.74, 6) is 0. The molecule has 27 valence electrons. The summed E-state index contributed by atoms with van der Waals surface area (Å²) in [6.45, 7) is 0. The van der Waals surface area contributed by atoms with Gasteiger partial charge in [0.1, 0.15) is 0 Å². The van der Waals surface area contributed by atoms with Crippen LogP contribution in [0.15, 0.2) is 0 Å². The van der Waals surface area contributed by atoms with E-state index in [9.17, 15) is 0 Å². The normalized spacial score (nSPS) is 4.80. The Balaban J connectivity index is 0. The maximum Gasteiger partial charge on any atom is 2.00 e. The second-order valence-corrected chi connectivity index (χ2v) is 0.250. The summed E-state index contributed by atoms with van der Waals surface area (Å²) < 4.78 is 0. The van der Waals surface area contributed by atoms with E-state index in [0.717, 1.165) is 0 Å². The first-order chi connectivity index (χ1) is 1.73. The SMILES string of the molecule is O=C([O-])[O-].[Nb+2]. The van der Waals surface area contributed by atoms with Gasteiger partial charge in [-0.3, -0.25) is 0 Å². The van der Waals surface area contributed by atoms with E-state index in [4.69, 9.17) is 15.0 Å². The first-order valence-corrected chi connectivity index (χ1v) is 0.612. The maximum atomic E-state index is 8.33. The third-order valence-corrected chi connectivity index (χ3v) is 0. The Morgan fingerprint density at radius 1 is 1.40 bits per heavy atom. The van der Waals surface area contributed by atoms with E-state index < -0.39 is 6.16 Å². The molecule has 5 heavy (non-hydrogen) atoms. The van der Waals surface area contributed by atoms with Crippen molar-refractivity contribution in [2.75, 3.05) is 0 Å². The zero-order chi connectivity index (χ0) is 3.58. The third-order valence-electron chi connectivity index (χ3n) is 0. The predicted octanol–water partition coefficient (Wildman–Crippen LogP) is -2.45. The van der Waals surface area contributed by atoms with Crippen molar-refractivity contribution >= 4 is 6.16 Å². The molecule has 0 fully saturated rings. The van der Waals surface area contributed by atoms with Crippen LogP contribution in [0.1, 0.15) is 0 Å². The standard InChI is InChI=1S/CH2O3.Nb/c2-1(3)4;/h(H2,2,3,4);/q;+2/p-2. The second-order valence-electron chi connectivity index (χ2n) is 0.250. The molecule has 4 heteroatoms. The van der Waals surface area contributed by atoms with Gasteiger partial charge in [-0.05, 0) is 6.16 Å². The van der Waals surface area contributed by atoms with Gasteiger partial charge in [0.15, 0.2) is 0 Å². The minimum atomic E-state index is -2.33. The Hall–Kier alpha value is 0.0103. The molecule has 0 aliphatic heterocycles. The van der Waals surface area contributed by atoms with Gasteiger partial charge in [0.05, 0.1) is 0 Å². The average Bonchev–Trinajstić information content (AvgIpc) is 0.811. The number of carbonyl (C=O) groups excluding carboxylic acids is 1. The summed E-state index contributed by atoms with van der Waals surface area (Å²) in [4.78, 5) is 8.33. The molecule has 3 nitrogen and oxygen atoms in total. The number of hydrogen-bond acceptors (Lipinski definition) is 3. The molecule has 0 rings (SSSR count). The molecule has 0 saturated heterocycles. The van der Waals surface area contributed by atoms with Crippen LogP contribution in [0.2, 0.25) is 0 Å². The van der Waals surface area contributed by atoms with Gasteiger partial charge < -0.3 is 15.0 Å². The summed E-state index contributed by atoms with van der Waals surface area (Å²) in [7, 11) is 0. The molecule has 1 radical (unpaired) electrons. The molecule has 0 spiro atoms. The van der Waals surface area contributed by atoms with Gasteiger partial charge in [-0.1, -0.05) is 0 Å². The van der Waals surface area contributed by atoms with Gasteiger partial charge in [0, 0.05) is 0 Å². The van der Waals surface area contributed by atoms with E-state index in [-0.39, 0.29) is 22.4 Å². The monoisotopic (exact) mass is 153 g/mol. The van der Waals surface area contributed by atoms with Gasteiger partial charge in [-0.2, -0.15) is 0 Å². The molecule has 0 saturated carbocycles. The molecular weight excluding hydrogens is 153 g/mol. The second kappa shape index (κ2) is 4.01. The summed E-state index contributed by atoms with van der Waals surface area (Å²) in [6, 6.07) is 0.